The zero-order chi connectivity index (χ0) is 14.5. The molecule has 112 valence electrons. The molecule has 1 aromatic heterocycles. The molecule has 0 aliphatic carbocycles. The highest BCUT2D eigenvalue weighted by atomic mass is 79.9. The molecule has 2 heterocycles. The maximum atomic E-state index is 12.3. The summed E-state index contributed by atoms with van der Waals surface area (Å²) in [4.78, 5) is 16.8. The summed E-state index contributed by atoms with van der Waals surface area (Å²) in [6.45, 7) is 7.72. The van der Waals surface area contributed by atoms with Crippen LogP contribution in [0.1, 0.15) is 47.7 Å². The van der Waals surface area contributed by atoms with Crippen molar-refractivity contribution >= 4 is 33.2 Å². The van der Waals surface area contributed by atoms with Gasteiger partial charge in [0.15, 0.2) is 0 Å². The molecule has 0 aromatic carbocycles. The predicted molar refractivity (Wildman–Crippen MR) is 88.6 cm³/mol. The average Bonchev–Trinajstić information content (AvgIpc) is 2.82. The number of likely N-dealkylation sites (tertiary alicyclic amines) is 1. The zero-order valence-corrected chi connectivity index (χ0v) is 14.6. The molecule has 1 N–H and O–H groups in total. The Morgan fingerprint density at radius 2 is 2.15 bits per heavy atom. The van der Waals surface area contributed by atoms with Crippen LogP contribution in [0.2, 0.25) is 0 Å². The van der Waals surface area contributed by atoms with Crippen molar-refractivity contribution in [2.24, 2.45) is 0 Å². The fourth-order valence-electron chi connectivity index (χ4n) is 2.63. The Kier molecular flexibility index (Phi) is 6.05. The highest BCUT2D eigenvalue weighted by Crippen LogP contribution is 2.28. The van der Waals surface area contributed by atoms with Gasteiger partial charge in [0, 0.05) is 28.5 Å². The Hall–Kier alpha value is -0.390. The van der Waals surface area contributed by atoms with Crippen molar-refractivity contribution in [1.29, 1.82) is 0 Å². The maximum Gasteiger partial charge on any atom is 0.261 e. The second-order valence-corrected chi connectivity index (χ2v) is 7.32. The van der Waals surface area contributed by atoms with Crippen molar-refractivity contribution in [3.63, 3.8) is 0 Å². The summed E-state index contributed by atoms with van der Waals surface area (Å²) in [6, 6.07) is 2.28. The third-order valence-corrected chi connectivity index (χ3v) is 6.01. The van der Waals surface area contributed by atoms with Crippen molar-refractivity contribution in [1.82, 2.24) is 10.2 Å². The number of carbonyl (C=O) groups is 1. The van der Waals surface area contributed by atoms with Crippen molar-refractivity contribution < 1.29 is 4.79 Å². The van der Waals surface area contributed by atoms with Gasteiger partial charge in [0.1, 0.15) is 0 Å². The first-order valence-electron chi connectivity index (χ1n) is 7.45. The number of carbonyl (C=O) groups excluding carboxylic acids is 1. The first-order valence-corrected chi connectivity index (χ1v) is 9.06. The van der Waals surface area contributed by atoms with Gasteiger partial charge >= 0.3 is 0 Å². The number of nitrogens with zero attached hydrogens (tertiary/aromatic N) is 1. The van der Waals surface area contributed by atoms with Crippen molar-refractivity contribution in [3.8, 4) is 0 Å². The topological polar surface area (TPSA) is 32.3 Å². The van der Waals surface area contributed by atoms with Gasteiger partial charge in [0.25, 0.3) is 5.91 Å². The molecule has 1 amide bonds. The molecule has 0 bridgehead atoms. The van der Waals surface area contributed by atoms with E-state index in [1.165, 1.54) is 17.8 Å². The second-order valence-electron chi connectivity index (χ2n) is 5.32. The van der Waals surface area contributed by atoms with E-state index < -0.39 is 0 Å². The Bertz CT molecular complexity index is 453. The molecule has 0 saturated carbocycles. The molecule has 5 heteroatoms. The molecule has 1 aliphatic rings. The first-order chi connectivity index (χ1) is 9.63. The predicted octanol–water partition coefficient (Wildman–Crippen LogP) is 3.68. The lowest BCUT2D eigenvalue weighted by Crippen LogP contribution is -2.44. The molecular weight excluding hydrogens is 336 g/mol. The van der Waals surface area contributed by atoms with Crippen LogP contribution in [0.3, 0.4) is 0 Å². The van der Waals surface area contributed by atoms with Gasteiger partial charge in [0.05, 0.1) is 4.88 Å². The Morgan fingerprint density at radius 3 is 2.70 bits per heavy atom. The maximum absolute atomic E-state index is 12.3. The van der Waals surface area contributed by atoms with E-state index in [2.05, 4.69) is 40.0 Å². The number of hydrogen-bond acceptors (Lipinski definition) is 3. The van der Waals surface area contributed by atoms with E-state index in [0.29, 0.717) is 6.04 Å². The molecule has 1 aromatic rings. The first kappa shape index (κ1) is 16.0. The van der Waals surface area contributed by atoms with E-state index in [4.69, 9.17) is 0 Å². The largest absolute Gasteiger partial charge is 0.349 e. The third-order valence-electron chi connectivity index (χ3n) is 3.76. The van der Waals surface area contributed by atoms with Gasteiger partial charge in [-0.25, -0.2) is 0 Å². The quantitative estimate of drug-likeness (QED) is 0.870. The van der Waals surface area contributed by atoms with E-state index in [9.17, 15) is 4.79 Å². The molecule has 1 fully saturated rings. The van der Waals surface area contributed by atoms with E-state index in [1.807, 2.05) is 6.07 Å². The van der Waals surface area contributed by atoms with Crippen LogP contribution < -0.4 is 5.32 Å². The molecule has 0 atom stereocenters. The van der Waals surface area contributed by atoms with E-state index in [-0.39, 0.29) is 5.91 Å². The summed E-state index contributed by atoms with van der Waals surface area (Å²) in [5.74, 6) is 0.0874. The summed E-state index contributed by atoms with van der Waals surface area (Å²) in [5, 5.41) is 3.19. The van der Waals surface area contributed by atoms with Crippen LogP contribution in [-0.4, -0.2) is 36.5 Å². The van der Waals surface area contributed by atoms with Crippen molar-refractivity contribution in [2.45, 2.75) is 45.6 Å². The van der Waals surface area contributed by atoms with E-state index >= 15 is 0 Å². The Balaban J connectivity index is 1.86. The summed E-state index contributed by atoms with van der Waals surface area (Å²) >= 11 is 5.12. The number of piperidine rings is 1. The van der Waals surface area contributed by atoms with E-state index in [1.54, 1.807) is 11.3 Å². The lowest BCUT2D eigenvalue weighted by Gasteiger charge is -2.31. The van der Waals surface area contributed by atoms with Crippen LogP contribution in [0, 0.1) is 0 Å². The number of halogens is 1. The van der Waals surface area contributed by atoms with Gasteiger partial charge < -0.3 is 10.2 Å². The van der Waals surface area contributed by atoms with Gasteiger partial charge in [0.2, 0.25) is 0 Å². The third kappa shape index (κ3) is 4.06. The summed E-state index contributed by atoms with van der Waals surface area (Å²) < 4.78 is 1.06. The van der Waals surface area contributed by atoms with Crippen LogP contribution in [0.4, 0.5) is 0 Å². The minimum absolute atomic E-state index is 0.0874. The number of thiophene rings is 1. The highest BCUT2D eigenvalue weighted by molar-refractivity contribution is 9.10. The molecule has 0 radical (unpaired) electrons. The standard InChI is InChI=1S/C15H23BrN2OS/c1-3-7-18-8-5-11(6-9-18)17-15(19)14-10-12(16)13(4-2)20-14/h10-11H,3-9H2,1-2H3,(H,17,19). The number of rotatable bonds is 5. The van der Waals surface area contributed by atoms with Gasteiger partial charge in [-0.15, -0.1) is 11.3 Å². The summed E-state index contributed by atoms with van der Waals surface area (Å²) in [7, 11) is 0. The van der Waals surface area contributed by atoms with Gasteiger partial charge in [-0.3, -0.25) is 4.79 Å². The fourth-order valence-corrected chi connectivity index (χ4v) is 4.43. The fraction of sp³-hybridized carbons (Fsp3) is 0.667. The normalized spacial score (nSPS) is 17.4. The van der Waals surface area contributed by atoms with Crippen LogP contribution in [0.5, 0.6) is 0 Å². The van der Waals surface area contributed by atoms with Crippen LogP contribution >= 0.6 is 27.3 Å². The summed E-state index contributed by atoms with van der Waals surface area (Å²) in [5.41, 5.74) is 0. The minimum atomic E-state index is 0.0874. The second kappa shape index (κ2) is 7.57. The lowest BCUT2D eigenvalue weighted by atomic mass is 10.0. The van der Waals surface area contributed by atoms with Crippen molar-refractivity contribution in [3.05, 3.63) is 20.3 Å². The molecule has 1 saturated heterocycles. The van der Waals surface area contributed by atoms with Crippen LogP contribution in [0.15, 0.2) is 10.5 Å². The van der Waals surface area contributed by atoms with Gasteiger partial charge in [-0.1, -0.05) is 13.8 Å². The molecule has 1 aliphatic heterocycles. The summed E-state index contributed by atoms with van der Waals surface area (Å²) in [6.07, 6.45) is 4.31. The molecule has 3 nitrogen and oxygen atoms in total. The van der Waals surface area contributed by atoms with Crippen LogP contribution in [-0.2, 0) is 6.42 Å². The SMILES string of the molecule is CCCN1CCC(NC(=O)c2cc(Br)c(CC)s2)CC1. The Morgan fingerprint density at radius 1 is 1.45 bits per heavy atom. The monoisotopic (exact) mass is 358 g/mol. The number of nitrogens with one attached hydrogen (secondary N) is 1. The number of aryl methyl sites for hydroxylation is 1. The molecule has 0 spiro atoms. The minimum Gasteiger partial charge on any atom is -0.349 e. The van der Waals surface area contributed by atoms with E-state index in [0.717, 1.165) is 41.7 Å². The van der Waals surface area contributed by atoms with Gasteiger partial charge in [-0.2, -0.15) is 0 Å². The molecular formula is C15H23BrN2OS. The average molecular weight is 359 g/mol. The zero-order valence-electron chi connectivity index (χ0n) is 12.2. The van der Waals surface area contributed by atoms with Gasteiger partial charge in [-0.05, 0) is 54.2 Å². The number of amides is 1. The molecule has 20 heavy (non-hydrogen) atoms. The molecule has 0 unspecified atom stereocenters. The van der Waals surface area contributed by atoms with Crippen LogP contribution in [0.25, 0.3) is 0 Å². The highest BCUT2D eigenvalue weighted by Gasteiger charge is 2.21. The number of hydrogen-bond donors (Lipinski definition) is 1. The van der Waals surface area contributed by atoms with Crippen molar-refractivity contribution in [2.75, 3.05) is 19.6 Å². The smallest absolute Gasteiger partial charge is 0.261 e. The molecule has 2 rings (SSSR count). The Labute approximate surface area is 133 Å². The lowest BCUT2D eigenvalue weighted by molar-refractivity contribution is 0.0915.